The molecule has 0 amide bonds. The zero-order chi connectivity index (χ0) is 11.4. The molecule has 0 saturated heterocycles. The van der Waals surface area contributed by atoms with Gasteiger partial charge in [0.1, 0.15) is 5.75 Å². The summed E-state index contributed by atoms with van der Waals surface area (Å²) in [6.07, 6.45) is 1.65. The van der Waals surface area contributed by atoms with Gasteiger partial charge in [0.25, 0.3) is 0 Å². The summed E-state index contributed by atoms with van der Waals surface area (Å²) in [5.74, 6) is 0.217. The average molecular weight is 276 g/mol. The van der Waals surface area contributed by atoms with Gasteiger partial charge in [-0.3, -0.25) is 4.99 Å². The predicted octanol–water partition coefficient (Wildman–Crippen LogP) is 3.91. The summed E-state index contributed by atoms with van der Waals surface area (Å²) in [5.41, 5.74) is 1.57. The first kappa shape index (κ1) is 10.9. The third kappa shape index (κ3) is 2.70. The maximum absolute atomic E-state index is 9.65. The maximum atomic E-state index is 9.65. The first-order chi connectivity index (χ1) is 7.75. The SMILES string of the molecule is Oc1cc(Br)ccc1/C=N/c1ccccc1. The lowest BCUT2D eigenvalue weighted by Gasteiger charge is -1.98. The largest absolute Gasteiger partial charge is 0.507 e. The Bertz CT molecular complexity index is 509. The molecule has 0 aliphatic rings. The van der Waals surface area contributed by atoms with Crippen molar-refractivity contribution in [2.45, 2.75) is 0 Å². The van der Waals surface area contributed by atoms with Crippen LogP contribution in [0.4, 0.5) is 5.69 Å². The first-order valence-electron chi connectivity index (χ1n) is 4.83. The zero-order valence-corrected chi connectivity index (χ0v) is 10.1. The Morgan fingerprint density at radius 1 is 1.06 bits per heavy atom. The molecule has 0 aromatic heterocycles. The van der Waals surface area contributed by atoms with E-state index in [0.717, 1.165) is 10.2 Å². The molecule has 0 heterocycles. The number of hydrogen-bond acceptors (Lipinski definition) is 2. The Kier molecular flexibility index (Phi) is 3.37. The Balaban J connectivity index is 2.24. The van der Waals surface area contributed by atoms with Crippen molar-refractivity contribution in [2.24, 2.45) is 4.99 Å². The van der Waals surface area contributed by atoms with Crippen LogP contribution in [-0.4, -0.2) is 11.3 Å². The number of phenols is 1. The van der Waals surface area contributed by atoms with Crippen molar-refractivity contribution in [3.63, 3.8) is 0 Å². The van der Waals surface area contributed by atoms with Crippen molar-refractivity contribution in [1.82, 2.24) is 0 Å². The molecule has 16 heavy (non-hydrogen) atoms. The van der Waals surface area contributed by atoms with Crippen LogP contribution in [0.15, 0.2) is 58.0 Å². The number of nitrogens with zero attached hydrogens (tertiary/aromatic N) is 1. The molecule has 2 aromatic rings. The van der Waals surface area contributed by atoms with Crippen molar-refractivity contribution in [1.29, 1.82) is 0 Å². The van der Waals surface area contributed by atoms with E-state index in [2.05, 4.69) is 20.9 Å². The standard InChI is InChI=1S/C13H10BrNO/c14-11-7-6-10(13(16)8-11)9-15-12-4-2-1-3-5-12/h1-9,16H/b15-9+. The molecule has 2 aromatic carbocycles. The Hall–Kier alpha value is -1.61. The minimum absolute atomic E-state index is 0.217. The van der Waals surface area contributed by atoms with Gasteiger partial charge in [-0.25, -0.2) is 0 Å². The molecular weight excluding hydrogens is 266 g/mol. The van der Waals surface area contributed by atoms with Crippen LogP contribution in [-0.2, 0) is 0 Å². The second-order valence-corrected chi connectivity index (χ2v) is 4.21. The van der Waals surface area contributed by atoms with Gasteiger partial charge in [-0.05, 0) is 30.3 Å². The van der Waals surface area contributed by atoms with Gasteiger partial charge in [0.05, 0.1) is 5.69 Å². The molecule has 0 radical (unpaired) electrons. The van der Waals surface area contributed by atoms with Crippen molar-refractivity contribution in [3.8, 4) is 5.75 Å². The second-order valence-electron chi connectivity index (χ2n) is 3.30. The molecular formula is C13H10BrNO. The van der Waals surface area contributed by atoms with Crippen molar-refractivity contribution < 1.29 is 5.11 Å². The molecule has 2 rings (SSSR count). The van der Waals surface area contributed by atoms with E-state index in [9.17, 15) is 5.11 Å². The Morgan fingerprint density at radius 3 is 2.50 bits per heavy atom. The monoisotopic (exact) mass is 275 g/mol. The Morgan fingerprint density at radius 2 is 1.81 bits per heavy atom. The lowest BCUT2D eigenvalue weighted by Crippen LogP contribution is -1.81. The van der Waals surface area contributed by atoms with Gasteiger partial charge in [0.2, 0.25) is 0 Å². The van der Waals surface area contributed by atoms with E-state index < -0.39 is 0 Å². The van der Waals surface area contributed by atoms with Crippen LogP contribution in [0, 0.1) is 0 Å². The van der Waals surface area contributed by atoms with E-state index in [1.54, 1.807) is 12.3 Å². The number of aliphatic imine (C=N–C) groups is 1. The number of para-hydroxylation sites is 1. The van der Waals surface area contributed by atoms with E-state index in [0.29, 0.717) is 5.56 Å². The molecule has 0 unspecified atom stereocenters. The molecule has 0 aliphatic heterocycles. The number of phenolic OH excluding ortho intramolecular Hbond substituents is 1. The maximum Gasteiger partial charge on any atom is 0.125 e. The summed E-state index contributed by atoms with van der Waals surface area (Å²) in [6.45, 7) is 0. The van der Waals surface area contributed by atoms with Gasteiger partial charge in [-0.15, -0.1) is 0 Å². The van der Waals surface area contributed by atoms with Gasteiger partial charge in [0.15, 0.2) is 0 Å². The third-order valence-corrected chi connectivity index (χ3v) is 2.59. The number of benzene rings is 2. The highest BCUT2D eigenvalue weighted by molar-refractivity contribution is 9.10. The van der Waals surface area contributed by atoms with E-state index >= 15 is 0 Å². The summed E-state index contributed by atoms with van der Waals surface area (Å²) in [7, 11) is 0. The fourth-order valence-electron chi connectivity index (χ4n) is 1.28. The number of halogens is 1. The van der Waals surface area contributed by atoms with Crippen LogP contribution >= 0.6 is 15.9 Å². The van der Waals surface area contributed by atoms with Crippen LogP contribution in [0.5, 0.6) is 5.75 Å². The van der Waals surface area contributed by atoms with Crippen LogP contribution in [0.2, 0.25) is 0 Å². The molecule has 0 aliphatic carbocycles. The lowest BCUT2D eigenvalue weighted by atomic mass is 10.2. The first-order valence-corrected chi connectivity index (χ1v) is 5.62. The molecule has 1 N–H and O–H groups in total. The summed E-state index contributed by atoms with van der Waals surface area (Å²) < 4.78 is 0.849. The van der Waals surface area contributed by atoms with E-state index in [-0.39, 0.29) is 5.75 Å². The van der Waals surface area contributed by atoms with Crippen molar-refractivity contribution in [2.75, 3.05) is 0 Å². The number of rotatable bonds is 2. The normalized spacial score (nSPS) is 10.8. The lowest BCUT2D eigenvalue weighted by molar-refractivity contribution is 0.474. The average Bonchev–Trinajstić information content (AvgIpc) is 2.29. The predicted molar refractivity (Wildman–Crippen MR) is 69.5 cm³/mol. The van der Waals surface area contributed by atoms with Crippen LogP contribution < -0.4 is 0 Å². The van der Waals surface area contributed by atoms with Gasteiger partial charge < -0.3 is 5.11 Å². The number of aromatic hydroxyl groups is 1. The molecule has 0 atom stereocenters. The highest BCUT2D eigenvalue weighted by atomic mass is 79.9. The molecule has 0 spiro atoms. The summed E-state index contributed by atoms with van der Waals surface area (Å²) in [5, 5.41) is 9.65. The van der Waals surface area contributed by atoms with Gasteiger partial charge in [-0.1, -0.05) is 34.1 Å². The topological polar surface area (TPSA) is 32.6 Å². The second kappa shape index (κ2) is 4.94. The van der Waals surface area contributed by atoms with E-state index in [1.807, 2.05) is 42.5 Å². The molecule has 0 bridgehead atoms. The third-order valence-electron chi connectivity index (χ3n) is 2.10. The molecule has 0 fully saturated rings. The van der Waals surface area contributed by atoms with Gasteiger partial charge >= 0.3 is 0 Å². The molecule has 2 nitrogen and oxygen atoms in total. The van der Waals surface area contributed by atoms with Crippen molar-refractivity contribution in [3.05, 3.63) is 58.6 Å². The van der Waals surface area contributed by atoms with E-state index in [4.69, 9.17) is 0 Å². The van der Waals surface area contributed by atoms with E-state index in [1.165, 1.54) is 0 Å². The molecule has 80 valence electrons. The fourth-order valence-corrected chi connectivity index (χ4v) is 1.63. The smallest absolute Gasteiger partial charge is 0.125 e. The minimum Gasteiger partial charge on any atom is -0.507 e. The quantitative estimate of drug-likeness (QED) is 0.829. The fraction of sp³-hybridized carbons (Fsp3) is 0. The summed E-state index contributed by atoms with van der Waals surface area (Å²) in [6, 6.07) is 14.9. The molecule has 3 heteroatoms. The van der Waals surface area contributed by atoms with Crippen LogP contribution in [0.25, 0.3) is 0 Å². The van der Waals surface area contributed by atoms with Crippen molar-refractivity contribution >= 4 is 27.8 Å². The summed E-state index contributed by atoms with van der Waals surface area (Å²) >= 11 is 3.29. The van der Waals surface area contributed by atoms with Gasteiger partial charge in [0, 0.05) is 16.3 Å². The highest BCUT2D eigenvalue weighted by Gasteiger charge is 1.98. The highest BCUT2D eigenvalue weighted by Crippen LogP contribution is 2.21. The summed E-state index contributed by atoms with van der Waals surface area (Å²) in [4.78, 5) is 4.27. The number of hydrogen-bond donors (Lipinski definition) is 1. The zero-order valence-electron chi connectivity index (χ0n) is 8.47. The molecule has 0 saturated carbocycles. The van der Waals surface area contributed by atoms with Crippen LogP contribution in [0.3, 0.4) is 0 Å². The van der Waals surface area contributed by atoms with Crippen LogP contribution in [0.1, 0.15) is 5.56 Å². The Labute approximate surface area is 102 Å². The minimum atomic E-state index is 0.217. The van der Waals surface area contributed by atoms with Gasteiger partial charge in [-0.2, -0.15) is 0 Å².